The molecular weight excluding hydrogens is 603 g/mol. The van der Waals surface area contributed by atoms with E-state index >= 15 is 0 Å². The second-order valence-corrected chi connectivity index (χ2v) is 8.54. The van der Waals surface area contributed by atoms with Crippen LogP contribution in [0.2, 0.25) is 0 Å². The molecule has 2 aromatic carbocycles. The van der Waals surface area contributed by atoms with E-state index in [9.17, 15) is 64.1 Å². The predicted octanol–water partition coefficient (Wildman–Crippen LogP) is 6.87. The van der Waals surface area contributed by atoms with Gasteiger partial charge in [-0.05, 0) is 13.8 Å². The van der Waals surface area contributed by atoms with Crippen LogP contribution in [0.4, 0.5) is 48.3 Å². The minimum atomic E-state index is -2.21. The lowest BCUT2D eigenvalue weighted by Gasteiger charge is -2.09. The zero-order valence-electron chi connectivity index (χ0n) is 20.9. The lowest BCUT2D eigenvalue weighted by atomic mass is 9.99. The van der Waals surface area contributed by atoms with Crippen LogP contribution in [-0.2, 0) is 0 Å². The van der Waals surface area contributed by atoms with Crippen LogP contribution in [0.1, 0.15) is 27.9 Å². The van der Waals surface area contributed by atoms with Crippen molar-refractivity contribution in [3.63, 3.8) is 0 Å². The Balaban J connectivity index is 2.32. The Morgan fingerprint density at radius 3 is 1.12 bits per heavy atom. The number of hydrogen-bond donors (Lipinski definition) is 0. The number of benzene rings is 2. The van der Waals surface area contributed by atoms with Crippen LogP contribution in [0.15, 0.2) is 16.7 Å². The van der Waals surface area contributed by atoms with Crippen LogP contribution < -0.4 is 0 Å². The van der Waals surface area contributed by atoms with Gasteiger partial charge in [0.15, 0.2) is 46.5 Å². The molecule has 1 aliphatic rings. The fraction of sp³-hybridized carbons (Fsp3) is 0.0741. The Labute approximate surface area is 232 Å². The molecule has 0 atom stereocenters. The second-order valence-electron chi connectivity index (χ2n) is 8.54. The molecular formula is C27H6F11N5. The summed E-state index contributed by atoms with van der Waals surface area (Å²) in [6.07, 6.45) is -1.99. The van der Waals surface area contributed by atoms with Gasteiger partial charge in [-0.25, -0.2) is 35.1 Å². The lowest BCUT2D eigenvalue weighted by molar-refractivity contribution is 0.423. The number of aromatic nitrogens is 2. The van der Waals surface area contributed by atoms with Crippen molar-refractivity contribution in [3.8, 4) is 18.2 Å². The van der Waals surface area contributed by atoms with Crippen LogP contribution >= 0.6 is 0 Å². The first kappa shape index (κ1) is 30.4. The van der Waals surface area contributed by atoms with Crippen molar-refractivity contribution in [3.05, 3.63) is 109 Å². The van der Waals surface area contributed by atoms with Gasteiger partial charge in [0, 0.05) is 27.8 Å². The summed E-state index contributed by atoms with van der Waals surface area (Å²) in [5, 5.41) is 29.3. The van der Waals surface area contributed by atoms with Crippen LogP contribution in [-0.4, -0.2) is 9.97 Å². The summed E-state index contributed by atoms with van der Waals surface area (Å²) in [7, 11) is 0. The van der Waals surface area contributed by atoms with E-state index in [0.29, 0.717) is 13.8 Å². The van der Waals surface area contributed by atoms with Gasteiger partial charge in [0.25, 0.3) is 5.95 Å². The Bertz CT molecular complexity index is 1880. The fourth-order valence-electron chi connectivity index (χ4n) is 4.12. The molecule has 1 heterocycles. The maximum absolute atomic E-state index is 14.9. The molecule has 16 heteroatoms. The third-order valence-corrected chi connectivity index (χ3v) is 6.26. The average molecular weight is 609 g/mol. The normalized spacial score (nSPS) is 15.9. The smallest absolute Gasteiger partial charge is 0.203 e. The molecule has 3 aromatic rings. The van der Waals surface area contributed by atoms with Crippen molar-refractivity contribution < 1.29 is 48.3 Å². The van der Waals surface area contributed by atoms with E-state index in [1.165, 1.54) is 6.07 Å². The second kappa shape index (κ2) is 10.7. The van der Waals surface area contributed by atoms with Gasteiger partial charge in [-0.1, -0.05) is 0 Å². The maximum atomic E-state index is 14.9. The largest absolute Gasteiger partial charge is 0.312 e. The summed E-state index contributed by atoms with van der Waals surface area (Å²) < 4.78 is 159. The highest BCUT2D eigenvalue weighted by Crippen LogP contribution is 2.57. The molecule has 0 spiro atoms. The molecule has 0 saturated heterocycles. The minimum absolute atomic E-state index is 0.613. The zero-order chi connectivity index (χ0) is 32.2. The average Bonchev–Trinajstić information content (AvgIpc) is 3.69. The third kappa shape index (κ3) is 4.46. The Kier molecular flexibility index (Phi) is 7.56. The molecule has 5 nitrogen and oxygen atoms in total. The Morgan fingerprint density at radius 2 is 0.791 bits per heavy atom. The molecule has 1 aliphatic carbocycles. The Hall–Kier alpha value is -5.56. The summed E-state index contributed by atoms with van der Waals surface area (Å²) in [6.45, 7) is 1.23. The third-order valence-electron chi connectivity index (χ3n) is 6.26. The molecule has 4 rings (SSSR count). The van der Waals surface area contributed by atoms with Crippen molar-refractivity contribution >= 4 is 16.7 Å². The summed E-state index contributed by atoms with van der Waals surface area (Å²) in [4.78, 5) is 5.30. The van der Waals surface area contributed by atoms with Crippen LogP contribution in [0.5, 0.6) is 0 Å². The SMILES string of the molecule is Cc1c(F)c(F)c(/C(C#N)=C2/C(=C(C#N)c3nc(F)nc(F)c3F)/C2=C(/C#N)c2c(F)c(F)c(C)c(F)c2F)c(F)c1F. The van der Waals surface area contributed by atoms with Gasteiger partial charge >= 0.3 is 6.08 Å². The molecule has 1 saturated carbocycles. The first-order chi connectivity index (χ1) is 20.2. The number of hydrogen-bond acceptors (Lipinski definition) is 5. The van der Waals surface area contributed by atoms with E-state index in [1.54, 1.807) is 0 Å². The predicted molar refractivity (Wildman–Crippen MR) is 122 cm³/mol. The molecule has 0 N–H and O–H groups in total. The highest BCUT2D eigenvalue weighted by atomic mass is 19.2. The fourth-order valence-corrected chi connectivity index (χ4v) is 4.12. The van der Waals surface area contributed by atoms with Gasteiger partial charge in [0.05, 0.1) is 27.8 Å². The molecule has 1 fully saturated rings. The van der Waals surface area contributed by atoms with Crippen molar-refractivity contribution in [1.29, 1.82) is 15.8 Å². The molecule has 0 bridgehead atoms. The van der Waals surface area contributed by atoms with Crippen molar-refractivity contribution in [1.82, 2.24) is 9.97 Å². The number of allylic oxidation sites excluding steroid dienone is 6. The summed E-state index contributed by atoms with van der Waals surface area (Å²) >= 11 is 0. The van der Waals surface area contributed by atoms with Gasteiger partial charge in [-0.3, -0.25) is 0 Å². The van der Waals surface area contributed by atoms with Gasteiger partial charge in [-0.15, -0.1) is 0 Å². The monoisotopic (exact) mass is 609 g/mol. The van der Waals surface area contributed by atoms with E-state index in [0.717, 1.165) is 12.1 Å². The highest BCUT2D eigenvalue weighted by molar-refractivity contribution is 6.12. The van der Waals surface area contributed by atoms with Crippen LogP contribution in [0.3, 0.4) is 0 Å². The van der Waals surface area contributed by atoms with E-state index in [-0.39, 0.29) is 0 Å². The van der Waals surface area contributed by atoms with E-state index in [1.807, 2.05) is 0 Å². The van der Waals surface area contributed by atoms with E-state index in [4.69, 9.17) is 0 Å². The molecule has 43 heavy (non-hydrogen) atoms. The number of rotatable bonds is 3. The zero-order valence-corrected chi connectivity index (χ0v) is 20.9. The van der Waals surface area contributed by atoms with Crippen molar-refractivity contribution in [2.45, 2.75) is 13.8 Å². The molecule has 0 unspecified atom stereocenters. The van der Waals surface area contributed by atoms with Gasteiger partial charge in [0.2, 0.25) is 5.82 Å². The number of nitrogens with zero attached hydrogens (tertiary/aromatic N) is 5. The lowest BCUT2D eigenvalue weighted by Crippen LogP contribution is -2.06. The maximum Gasteiger partial charge on any atom is 0.312 e. The van der Waals surface area contributed by atoms with Gasteiger partial charge in [0.1, 0.15) is 23.9 Å². The van der Waals surface area contributed by atoms with Crippen molar-refractivity contribution in [2.24, 2.45) is 0 Å². The molecule has 0 aliphatic heterocycles. The van der Waals surface area contributed by atoms with Crippen LogP contribution in [0.25, 0.3) is 16.7 Å². The molecule has 0 amide bonds. The first-order valence-electron chi connectivity index (χ1n) is 11.1. The van der Waals surface area contributed by atoms with E-state index < -0.39 is 126 Å². The minimum Gasteiger partial charge on any atom is -0.203 e. The van der Waals surface area contributed by atoms with Crippen LogP contribution in [0, 0.1) is 112 Å². The van der Waals surface area contributed by atoms with E-state index in [2.05, 4.69) is 9.97 Å². The quantitative estimate of drug-likeness (QED) is 0.106. The summed E-state index contributed by atoms with van der Waals surface area (Å²) in [6, 6.07) is 3.42. The molecule has 216 valence electrons. The molecule has 0 radical (unpaired) electrons. The molecule has 1 aromatic heterocycles. The summed E-state index contributed by atoms with van der Waals surface area (Å²) in [5.41, 5.74) is -15.2. The first-order valence-corrected chi connectivity index (χ1v) is 11.1. The standard InChI is InChI=1S/C27H6F11N5/c1-6-16(28)20(32)14(21(33)17(6)29)8(3-39)11-12(9(4-40)15-22(34)18(30)7(2)19(31)23(15)35)13(11)10(5-41)25-24(36)26(37)43-27(38)42-25/h1-2H3/b11-8-,12-9+,13-10?. The Morgan fingerprint density at radius 1 is 0.465 bits per heavy atom. The number of halogens is 11. The highest BCUT2D eigenvalue weighted by Gasteiger charge is 2.45. The topological polar surface area (TPSA) is 97.2 Å². The summed E-state index contributed by atoms with van der Waals surface area (Å²) in [5.74, 6) is -21.3. The van der Waals surface area contributed by atoms with Gasteiger partial charge < -0.3 is 0 Å². The van der Waals surface area contributed by atoms with Crippen molar-refractivity contribution in [2.75, 3.05) is 0 Å². The number of nitriles is 3. The van der Waals surface area contributed by atoms with Gasteiger partial charge in [-0.2, -0.15) is 38.9 Å².